The Morgan fingerprint density at radius 2 is 1.92 bits per heavy atom. The third-order valence-electron chi connectivity index (χ3n) is 3.81. The molecule has 2 aromatic rings. The van der Waals surface area contributed by atoms with E-state index in [1.807, 2.05) is 0 Å². The Balaban J connectivity index is 1.85. The van der Waals surface area contributed by atoms with Gasteiger partial charge in [0.05, 0.1) is 25.8 Å². The molecule has 124 valence electrons. The number of hydrogen-bond donors (Lipinski definition) is 0. The Hall–Kier alpha value is -2.89. The largest absolute Gasteiger partial charge is 0.475 e. The normalized spacial score (nSPS) is 16.1. The van der Waals surface area contributed by atoms with E-state index in [9.17, 15) is 14.0 Å². The van der Waals surface area contributed by atoms with Crippen LogP contribution in [0.3, 0.4) is 0 Å². The van der Waals surface area contributed by atoms with Crippen LogP contribution in [0, 0.1) is 5.82 Å². The topological polar surface area (TPSA) is 55.8 Å². The highest BCUT2D eigenvalue weighted by molar-refractivity contribution is 5.97. The van der Waals surface area contributed by atoms with E-state index in [4.69, 9.17) is 9.47 Å². The van der Waals surface area contributed by atoms with E-state index in [0.717, 1.165) is 0 Å². The summed E-state index contributed by atoms with van der Waals surface area (Å²) < 4.78 is 23.3. The van der Waals surface area contributed by atoms with Crippen molar-refractivity contribution in [2.45, 2.75) is 12.5 Å². The minimum atomic E-state index is -0.873. The molecule has 2 aromatic carbocycles. The summed E-state index contributed by atoms with van der Waals surface area (Å²) in [5.74, 6) is -0.643. The number of hydrogen-bond acceptors (Lipinski definition) is 4. The third kappa shape index (κ3) is 3.22. The summed E-state index contributed by atoms with van der Waals surface area (Å²) in [5.41, 5.74) is 1.30. The smallest absolute Gasteiger partial charge is 0.348 e. The highest BCUT2D eigenvalue weighted by atomic mass is 19.1. The summed E-state index contributed by atoms with van der Waals surface area (Å²) in [7, 11) is 1.27. The first-order chi connectivity index (χ1) is 11.6. The van der Waals surface area contributed by atoms with Crippen molar-refractivity contribution in [3.05, 3.63) is 59.9 Å². The molecular formula is C18H16FNO4. The average Bonchev–Trinajstić information content (AvgIpc) is 2.62. The number of carbonyl (C=O) groups is 2. The van der Waals surface area contributed by atoms with Gasteiger partial charge in [-0.3, -0.25) is 4.79 Å². The summed E-state index contributed by atoms with van der Waals surface area (Å²) in [5, 5.41) is 0. The van der Waals surface area contributed by atoms with Crippen molar-refractivity contribution in [1.82, 2.24) is 0 Å². The summed E-state index contributed by atoms with van der Waals surface area (Å²) in [6.07, 6.45) is -0.773. The molecule has 1 aliphatic rings. The van der Waals surface area contributed by atoms with Crippen molar-refractivity contribution in [1.29, 1.82) is 0 Å². The van der Waals surface area contributed by atoms with Gasteiger partial charge in [-0.1, -0.05) is 24.3 Å². The van der Waals surface area contributed by atoms with Crippen molar-refractivity contribution < 1.29 is 23.5 Å². The van der Waals surface area contributed by atoms with Crippen LogP contribution in [0.5, 0.6) is 5.75 Å². The number of rotatable bonds is 3. The first kappa shape index (κ1) is 16.0. The lowest BCUT2D eigenvalue weighted by Gasteiger charge is -2.33. The molecule has 0 fully saturated rings. The second kappa shape index (κ2) is 6.70. The second-order valence-electron chi connectivity index (χ2n) is 5.40. The number of esters is 1. The molecule has 5 nitrogen and oxygen atoms in total. The highest BCUT2D eigenvalue weighted by Gasteiger charge is 2.34. The molecule has 0 aliphatic carbocycles. The lowest BCUT2D eigenvalue weighted by molar-refractivity contribution is -0.148. The van der Waals surface area contributed by atoms with E-state index in [1.165, 1.54) is 24.1 Å². The molecule has 6 heteroatoms. The van der Waals surface area contributed by atoms with E-state index in [1.54, 1.807) is 36.4 Å². The quantitative estimate of drug-likeness (QED) is 0.811. The first-order valence-corrected chi connectivity index (χ1v) is 7.47. The van der Waals surface area contributed by atoms with Crippen LogP contribution in [0.1, 0.15) is 5.56 Å². The fourth-order valence-electron chi connectivity index (χ4n) is 2.60. The molecule has 1 aliphatic heterocycles. The van der Waals surface area contributed by atoms with Crippen LogP contribution in [-0.2, 0) is 20.7 Å². The first-order valence-electron chi connectivity index (χ1n) is 7.47. The fraction of sp³-hybridized carbons (Fsp3) is 0.222. The van der Waals surface area contributed by atoms with Gasteiger partial charge in [0.2, 0.25) is 12.0 Å². The molecule has 0 unspecified atom stereocenters. The van der Waals surface area contributed by atoms with Gasteiger partial charge in [-0.25, -0.2) is 9.18 Å². The van der Waals surface area contributed by atoms with Crippen molar-refractivity contribution in [3.63, 3.8) is 0 Å². The van der Waals surface area contributed by atoms with Gasteiger partial charge in [-0.2, -0.15) is 0 Å². The zero-order chi connectivity index (χ0) is 17.1. The van der Waals surface area contributed by atoms with Gasteiger partial charge in [-0.05, 0) is 29.8 Å². The standard InChI is InChI=1S/C18H16FNO4/c1-23-18(22)16-11-20(14-4-2-3-5-15(14)24-16)17(21)10-12-6-8-13(19)9-7-12/h2-9,16H,10-11H2,1H3/t16-/m1/s1. The number of para-hydroxylation sites is 2. The minimum Gasteiger partial charge on any atom is -0.475 e. The van der Waals surface area contributed by atoms with Crippen LogP contribution in [0.2, 0.25) is 0 Å². The maximum absolute atomic E-state index is 13.0. The Kier molecular flexibility index (Phi) is 4.46. The molecule has 0 bridgehead atoms. The van der Waals surface area contributed by atoms with E-state index in [0.29, 0.717) is 17.0 Å². The lowest BCUT2D eigenvalue weighted by Crippen LogP contribution is -2.48. The minimum absolute atomic E-state index is 0.0731. The van der Waals surface area contributed by atoms with Gasteiger partial charge in [0.25, 0.3) is 0 Å². The maximum Gasteiger partial charge on any atom is 0.348 e. The Morgan fingerprint density at radius 1 is 1.21 bits per heavy atom. The zero-order valence-electron chi connectivity index (χ0n) is 13.1. The molecule has 0 aromatic heterocycles. The summed E-state index contributed by atoms with van der Waals surface area (Å²) in [6, 6.07) is 12.8. The molecule has 0 saturated carbocycles. The highest BCUT2D eigenvalue weighted by Crippen LogP contribution is 2.33. The van der Waals surface area contributed by atoms with Gasteiger partial charge in [0.15, 0.2) is 0 Å². The number of halogens is 1. The summed E-state index contributed by atoms with van der Waals surface area (Å²) in [6.45, 7) is 0.0731. The van der Waals surface area contributed by atoms with Gasteiger partial charge in [0, 0.05) is 0 Å². The average molecular weight is 329 g/mol. The zero-order valence-corrected chi connectivity index (χ0v) is 13.1. The molecule has 1 atom stereocenters. The molecule has 0 N–H and O–H groups in total. The summed E-state index contributed by atoms with van der Waals surface area (Å²) in [4.78, 5) is 26.0. The number of benzene rings is 2. The van der Waals surface area contributed by atoms with Crippen molar-refractivity contribution in [2.24, 2.45) is 0 Å². The Labute approximate surface area is 138 Å². The second-order valence-corrected chi connectivity index (χ2v) is 5.40. The molecular weight excluding hydrogens is 313 g/mol. The predicted molar refractivity (Wildman–Crippen MR) is 85.3 cm³/mol. The van der Waals surface area contributed by atoms with Crippen LogP contribution in [-0.4, -0.2) is 31.6 Å². The number of anilines is 1. The molecule has 0 saturated heterocycles. The van der Waals surface area contributed by atoms with E-state index < -0.39 is 12.1 Å². The molecule has 0 radical (unpaired) electrons. The molecule has 24 heavy (non-hydrogen) atoms. The number of fused-ring (bicyclic) bond motifs is 1. The van der Waals surface area contributed by atoms with E-state index in [2.05, 4.69) is 0 Å². The SMILES string of the molecule is COC(=O)[C@H]1CN(C(=O)Cc2ccc(F)cc2)c2ccccc2O1. The van der Waals surface area contributed by atoms with Crippen LogP contribution in [0.25, 0.3) is 0 Å². The fourth-order valence-corrected chi connectivity index (χ4v) is 2.60. The number of methoxy groups -OCH3 is 1. The van der Waals surface area contributed by atoms with Gasteiger partial charge in [-0.15, -0.1) is 0 Å². The molecule has 1 heterocycles. The van der Waals surface area contributed by atoms with Gasteiger partial charge < -0.3 is 14.4 Å². The number of amides is 1. The number of ether oxygens (including phenoxy) is 2. The number of nitrogens with zero attached hydrogens (tertiary/aromatic N) is 1. The summed E-state index contributed by atoms with van der Waals surface area (Å²) >= 11 is 0. The van der Waals surface area contributed by atoms with Gasteiger partial charge >= 0.3 is 5.97 Å². The third-order valence-corrected chi connectivity index (χ3v) is 3.81. The van der Waals surface area contributed by atoms with E-state index in [-0.39, 0.29) is 24.7 Å². The molecule has 1 amide bonds. The van der Waals surface area contributed by atoms with Gasteiger partial charge in [0.1, 0.15) is 11.6 Å². The van der Waals surface area contributed by atoms with Crippen LogP contribution in [0.15, 0.2) is 48.5 Å². The van der Waals surface area contributed by atoms with Crippen LogP contribution in [0.4, 0.5) is 10.1 Å². The monoisotopic (exact) mass is 329 g/mol. The van der Waals surface area contributed by atoms with Crippen molar-refractivity contribution in [3.8, 4) is 5.75 Å². The van der Waals surface area contributed by atoms with Crippen LogP contribution >= 0.6 is 0 Å². The van der Waals surface area contributed by atoms with Crippen LogP contribution < -0.4 is 9.64 Å². The number of carbonyl (C=O) groups excluding carboxylic acids is 2. The van der Waals surface area contributed by atoms with E-state index >= 15 is 0 Å². The Morgan fingerprint density at radius 3 is 2.62 bits per heavy atom. The predicted octanol–water partition coefficient (Wildman–Crippen LogP) is 2.34. The maximum atomic E-state index is 13.0. The van der Waals surface area contributed by atoms with Crippen molar-refractivity contribution in [2.75, 3.05) is 18.6 Å². The lowest BCUT2D eigenvalue weighted by atomic mass is 10.1. The molecule has 0 spiro atoms. The Bertz CT molecular complexity index is 760. The molecule has 3 rings (SSSR count). The van der Waals surface area contributed by atoms with Crippen molar-refractivity contribution >= 4 is 17.6 Å².